The molecule has 1 heterocycles. The van der Waals surface area contributed by atoms with Crippen LogP contribution in [0, 0.1) is 10.1 Å². The molecule has 142 valence electrons. The number of carbonyl (C=O) groups is 1. The van der Waals surface area contributed by atoms with Crippen molar-refractivity contribution >= 4 is 46.6 Å². The number of non-ortho nitro benzene ring substituents is 1. The van der Waals surface area contributed by atoms with Crippen LogP contribution >= 0.6 is 35.0 Å². The molecule has 1 aliphatic heterocycles. The van der Waals surface area contributed by atoms with Gasteiger partial charge in [-0.05, 0) is 18.2 Å². The second-order valence-corrected chi connectivity index (χ2v) is 7.69. The van der Waals surface area contributed by atoms with Crippen LogP contribution in [0.15, 0.2) is 36.4 Å². The van der Waals surface area contributed by atoms with Gasteiger partial charge in [0, 0.05) is 39.1 Å². The van der Waals surface area contributed by atoms with E-state index in [1.807, 2.05) is 0 Å². The minimum absolute atomic E-state index is 0.0725. The van der Waals surface area contributed by atoms with Crippen molar-refractivity contribution in [2.75, 3.05) is 5.75 Å². The highest BCUT2D eigenvalue weighted by atomic mass is 35.5. The molecule has 7 nitrogen and oxygen atoms in total. The zero-order valence-electron chi connectivity index (χ0n) is 13.7. The van der Waals surface area contributed by atoms with Gasteiger partial charge in [-0.1, -0.05) is 29.3 Å². The summed E-state index contributed by atoms with van der Waals surface area (Å²) < 4.78 is 5.84. The molecule has 0 saturated carbocycles. The van der Waals surface area contributed by atoms with Crippen LogP contribution in [0.4, 0.5) is 5.69 Å². The Labute approximate surface area is 168 Å². The predicted octanol–water partition coefficient (Wildman–Crippen LogP) is 4.27. The van der Waals surface area contributed by atoms with E-state index < -0.39 is 22.3 Å². The zero-order valence-corrected chi connectivity index (χ0v) is 16.1. The van der Waals surface area contributed by atoms with Crippen molar-refractivity contribution in [2.45, 2.75) is 18.0 Å². The van der Waals surface area contributed by atoms with Crippen LogP contribution in [0.25, 0.3) is 0 Å². The summed E-state index contributed by atoms with van der Waals surface area (Å²) in [6.45, 7) is 0.0725. The van der Waals surface area contributed by atoms with Crippen molar-refractivity contribution in [1.29, 1.82) is 0 Å². The number of nitrogens with zero attached hydrogens (tertiary/aromatic N) is 1. The van der Waals surface area contributed by atoms with Crippen LogP contribution in [0.3, 0.4) is 0 Å². The van der Waals surface area contributed by atoms with Gasteiger partial charge in [-0.25, -0.2) is 0 Å². The summed E-state index contributed by atoms with van der Waals surface area (Å²) in [5.41, 5.74) is 0.996. The Kier molecular flexibility index (Phi) is 6.11. The van der Waals surface area contributed by atoms with Crippen molar-refractivity contribution in [3.8, 4) is 5.75 Å². The van der Waals surface area contributed by atoms with Crippen LogP contribution in [0.2, 0.25) is 10.0 Å². The van der Waals surface area contributed by atoms with Gasteiger partial charge in [0.1, 0.15) is 18.4 Å². The molecular formula is C17H14Cl2N2O5S. The average Bonchev–Trinajstić information content (AvgIpc) is 3.11. The summed E-state index contributed by atoms with van der Waals surface area (Å²) in [7, 11) is 0. The number of rotatable bonds is 6. The Balaban J connectivity index is 1.88. The molecular weight excluding hydrogens is 415 g/mol. The first-order valence-electron chi connectivity index (χ1n) is 7.81. The maximum atomic E-state index is 11.2. The Morgan fingerprint density at radius 2 is 2.04 bits per heavy atom. The minimum Gasteiger partial charge on any atom is -0.488 e. The largest absolute Gasteiger partial charge is 0.488 e. The van der Waals surface area contributed by atoms with Gasteiger partial charge in [0.2, 0.25) is 0 Å². The lowest BCUT2D eigenvalue weighted by Gasteiger charge is -2.17. The third-order valence-electron chi connectivity index (χ3n) is 4.00. The number of thioether (sulfide) groups is 1. The molecule has 0 unspecified atom stereocenters. The van der Waals surface area contributed by atoms with Crippen LogP contribution in [0.5, 0.6) is 5.75 Å². The standard InChI is InChI=1S/C17H14Cl2N2O5S/c18-12-2-1-3-13(19)11(12)7-26-15-5-4-9(21(24)25)6-10(15)16-20-14(8-27-16)17(22)23/h1-6,14,16,20H,7-8H2,(H,22,23)/t14-,16+/m1/s1. The van der Waals surface area contributed by atoms with Crippen LogP contribution in [-0.4, -0.2) is 27.8 Å². The fraction of sp³-hybridized carbons (Fsp3) is 0.235. The average molecular weight is 429 g/mol. The number of nitrogens with one attached hydrogen (secondary N) is 1. The van der Waals surface area contributed by atoms with E-state index in [1.165, 1.54) is 30.0 Å². The SMILES string of the molecule is O=C(O)[C@H]1CS[C@@H](c2cc([N+](=O)[O-])ccc2OCc2c(Cl)cccc2Cl)N1. The van der Waals surface area contributed by atoms with Gasteiger partial charge in [-0.15, -0.1) is 11.8 Å². The van der Waals surface area contributed by atoms with E-state index in [9.17, 15) is 14.9 Å². The van der Waals surface area contributed by atoms with E-state index in [-0.39, 0.29) is 12.3 Å². The highest BCUT2D eigenvalue weighted by molar-refractivity contribution is 7.99. The maximum Gasteiger partial charge on any atom is 0.321 e. The van der Waals surface area contributed by atoms with Crippen molar-refractivity contribution in [3.63, 3.8) is 0 Å². The Hall–Kier alpha value is -2.00. The molecule has 0 radical (unpaired) electrons. The molecule has 1 aliphatic rings. The van der Waals surface area contributed by atoms with Gasteiger partial charge in [0.15, 0.2) is 0 Å². The van der Waals surface area contributed by atoms with E-state index in [1.54, 1.807) is 18.2 Å². The number of nitro benzene ring substituents is 1. The first-order chi connectivity index (χ1) is 12.9. The zero-order chi connectivity index (χ0) is 19.6. The maximum absolute atomic E-state index is 11.2. The molecule has 1 saturated heterocycles. The smallest absolute Gasteiger partial charge is 0.321 e. The van der Waals surface area contributed by atoms with Crippen LogP contribution in [0.1, 0.15) is 16.5 Å². The van der Waals surface area contributed by atoms with E-state index in [2.05, 4.69) is 5.32 Å². The highest BCUT2D eigenvalue weighted by Crippen LogP contribution is 2.40. The first-order valence-corrected chi connectivity index (χ1v) is 9.61. The van der Waals surface area contributed by atoms with Crippen LogP contribution in [-0.2, 0) is 11.4 Å². The molecule has 2 aromatic carbocycles. The van der Waals surface area contributed by atoms with Gasteiger partial charge < -0.3 is 9.84 Å². The first kappa shape index (κ1) is 19.8. The molecule has 0 spiro atoms. The molecule has 0 aromatic heterocycles. The van der Waals surface area contributed by atoms with Crippen molar-refractivity contribution in [2.24, 2.45) is 0 Å². The lowest BCUT2D eigenvalue weighted by Crippen LogP contribution is -2.33. The molecule has 27 heavy (non-hydrogen) atoms. The normalized spacial score (nSPS) is 19.0. The summed E-state index contributed by atoms with van der Waals surface area (Å²) in [5, 5.41) is 23.7. The molecule has 2 aromatic rings. The Morgan fingerprint density at radius 3 is 2.63 bits per heavy atom. The van der Waals surface area contributed by atoms with Crippen molar-refractivity contribution < 1.29 is 19.6 Å². The van der Waals surface area contributed by atoms with Gasteiger partial charge >= 0.3 is 5.97 Å². The molecule has 2 N–H and O–H groups in total. The van der Waals surface area contributed by atoms with E-state index >= 15 is 0 Å². The third-order valence-corrected chi connectivity index (χ3v) is 5.96. The number of halogens is 2. The highest BCUT2D eigenvalue weighted by Gasteiger charge is 2.33. The summed E-state index contributed by atoms with van der Waals surface area (Å²) >= 11 is 13.6. The summed E-state index contributed by atoms with van der Waals surface area (Å²) in [5.74, 6) is -0.230. The Morgan fingerprint density at radius 1 is 1.33 bits per heavy atom. The van der Waals surface area contributed by atoms with Gasteiger partial charge in [0.05, 0.1) is 10.3 Å². The molecule has 3 rings (SSSR count). The predicted molar refractivity (Wildman–Crippen MR) is 104 cm³/mol. The van der Waals surface area contributed by atoms with E-state index in [4.69, 9.17) is 33.0 Å². The Bertz CT molecular complexity index is 875. The van der Waals surface area contributed by atoms with Gasteiger partial charge in [-0.3, -0.25) is 20.2 Å². The van der Waals surface area contributed by atoms with E-state index in [0.29, 0.717) is 32.7 Å². The number of nitro groups is 1. The molecule has 0 amide bonds. The van der Waals surface area contributed by atoms with Crippen molar-refractivity contribution in [1.82, 2.24) is 5.32 Å². The van der Waals surface area contributed by atoms with Gasteiger partial charge in [0.25, 0.3) is 5.69 Å². The fourth-order valence-corrected chi connectivity index (χ4v) is 4.35. The third kappa shape index (κ3) is 4.47. The summed E-state index contributed by atoms with van der Waals surface area (Å²) in [6, 6.07) is 8.58. The quantitative estimate of drug-likeness (QED) is 0.522. The molecule has 10 heteroatoms. The fourth-order valence-electron chi connectivity index (χ4n) is 2.60. The number of ether oxygens (including phenoxy) is 1. The number of hydrogen-bond donors (Lipinski definition) is 2. The number of benzene rings is 2. The summed E-state index contributed by atoms with van der Waals surface area (Å²) in [4.78, 5) is 21.8. The number of carboxylic acids is 1. The van der Waals surface area contributed by atoms with Crippen LogP contribution < -0.4 is 10.1 Å². The van der Waals surface area contributed by atoms with Crippen molar-refractivity contribution in [3.05, 3.63) is 67.7 Å². The monoisotopic (exact) mass is 428 g/mol. The molecule has 2 atom stereocenters. The lowest BCUT2D eigenvalue weighted by atomic mass is 10.1. The van der Waals surface area contributed by atoms with Gasteiger partial charge in [-0.2, -0.15) is 0 Å². The summed E-state index contributed by atoms with van der Waals surface area (Å²) in [6.07, 6.45) is 0. The molecule has 0 bridgehead atoms. The lowest BCUT2D eigenvalue weighted by molar-refractivity contribution is -0.384. The molecule has 0 aliphatic carbocycles. The van der Waals surface area contributed by atoms with E-state index in [0.717, 1.165) is 0 Å². The number of aliphatic carboxylic acids is 1. The second-order valence-electron chi connectivity index (χ2n) is 5.74. The minimum atomic E-state index is -0.972. The number of hydrogen-bond acceptors (Lipinski definition) is 6. The second kappa shape index (κ2) is 8.35. The topological polar surface area (TPSA) is 102 Å². The molecule has 1 fully saturated rings. The number of carboxylic acid groups (broad SMARTS) is 1.